The van der Waals surface area contributed by atoms with Crippen molar-refractivity contribution in [3.8, 4) is 11.5 Å². The van der Waals surface area contributed by atoms with Gasteiger partial charge < -0.3 is 14.7 Å². The Labute approximate surface area is 91.0 Å². The number of imidazole rings is 2. The first kappa shape index (κ1) is 9.14. The first-order valence-corrected chi connectivity index (χ1v) is 5.09. The number of aryl methyl sites for hydroxylation is 2. The molecule has 0 unspecified atom stereocenters. The summed E-state index contributed by atoms with van der Waals surface area (Å²) in [5.74, 6) is 0.549. The van der Waals surface area contributed by atoms with Crippen LogP contribution in [0.1, 0.15) is 22.7 Å². The number of carboxylic acids is 1. The van der Waals surface area contributed by atoms with E-state index in [1.54, 1.807) is 0 Å². The molecule has 2 N–H and O–H groups in total. The molecule has 0 radical (unpaired) electrons. The molecular formula is C10H10N4O2. The van der Waals surface area contributed by atoms with Gasteiger partial charge in [-0.1, -0.05) is 0 Å². The minimum atomic E-state index is -1.01. The molecule has 0 saturated carbocycles. The predicted molar refractivity (Wildman–Crippen MR) is 55.1 cm³/mol. The molecule has 1 aliphatic heterocycles. The van der Waals surface area contributed by atoms with Crippen molar-refractivity contribution in [1.29, 1.82) is 0 Å². The van der Waals surface area contributed by atoms with E-state index in [2.05, 4.69) is 19.5 Å². The van der Waals surface area contributed by atoms with Crippen LogP contribution in [0.4, 0.5) is 0 Å². The molecule has 0 atom stereocenters. The molecule has 3 heterocycles. The molecule has 0 bridgehead atoms. The van der Waals surface area contributed by atoms with Crippen LogP contribution < -0.4 is 0 Å². The molecule has 3 rings (SSSR count). The Hall–Kier alpha value is -2.11. The van der Waals surface area contributed by atoms with Crippen LogP contribution in [0.2, 0.25) is 0 Å². The molecule has 0 spiro atoms. The van der Waals surface area contributed by atoms with Gasteiger partial charge in [-0.2, -0.15) is 0 Å². The van der Waals surface area contributed by atoms with Crippen molar-refractivity contribution in [1.82, 2.24) is 19.5 Å². The van der Waals surface area contributed by atoms with Crippen LogP contribution in [0, 0.1) is 0 Å². The van der Waals surface area contributed by atoms with Gasteiger partial charge in [-0.25, -0.2) is 14.8 Å². The van der Waals surface area contributed by atoms with E-state index >= 15 is 0 Å². The van der Waals surface area contributed by atoms with E-state index in [9.17, 15) is 4.79 Å². The summed E-state index contributed by atoms with van der Waals surface area (Å²) in [4.78, 5) is 21.8. The van der Waals surface area contributed by atoms with Gasteiger partial charge in [0.25, 0.3) is 0 Å². The lowest BCUT2D eigenvalue weighted by molar-refractivity contribution is 0.0691. The lowest BCUT2D eigenvalue weighted by atomic mass is 10.3. The third-order valence-corrected chi connectivity index (χ3v) is 2.71. The zero-order valence-corrected chi connectivity index (χ0v) is 8.47. The molecule has 2 aromatic heterocycles. The average molecular weight is 218 g/mol. The Bertz CT molecular complexity index is 533. The van der Waals surface area contributed by atoms with Crippen molar-refractivity contribution in [3.05, 3.63) is 23.9 Å². The predicted octanol–water partition coefficient (Wildman–Crippen LogP) is 0.918. The van der Waals surface area contributed by atoms with E-state index in [1.807, 2.05) is 6.20 Å². The number of aromatic carboxylic acids is 1. The van der Waals surface area contributed by atoms with Gasteiger partial charge in [0, 0.05) is 19.2 Å². The Balaban J connectivity index is 1.98. The number of carboxylic acid groups (broad SMARTS) is 1. The zero-order valence-electron chi connectivity index (χ0n) is 8.47. The largest absolute Gasteiger partial charge is 0.477 e. The lowest BCUT2D eigenvalue weighted by Gasteiger charge is -1.90. The van der Waals surface area contributed by atoms with E-state index in [0.29, 0.717) is 11.5 Å². The number of aromatic amines is 1. The number of H-pyrrole nitrogens is 1. The van der Waals surface area contributed by atoms with Crippen molar-refractivity contribution >= 4 is 5.97 Å². The van der Waals surface area contributed by atoms with Gasteiger partial charge in [0.2, 0.25) is 0 Å². The van der Waals surface area contributed by atoms with Gasteiger partial charge in [0.15, 0.2) is 5.82 Å². The second-order valence-electron chi connectivity index (χ2n) is 3.79. The summed E-state index contributed by atoms with van der Waals surface area (Å²) in [7, 11) is 0. The highest BCUT2D eigenvalue weighted by atomic mass is 16.4. The van der Waals surface area contributed by atoms with Crippen molar-refractivity contribution in [2.24, 2.45) is 0 Å². The molecule has 1 aliphatic rings. The second-order valence-corrected chi connectivity index (χ2v) is 3.79. The second kappa shape index (κ2) is 3.19. The molecule has 82 valence electrons. The van der Waals surface area contributed by atoms with Gasteiger partial charge in [0.1, 0.15) is 17.2 Å². The maximum Gasteiger partial charge on any atom is 0.353 e. The van der Waals surface area contributed by atoms with Crippen LogP contribution >= 0.6 is 0 Å². The number of hydrogen-bond donors (Lipinski definition) is 2. The zero-order chi connectivity index (χ0) is 11.1. The highest BCUT2D eigenvalue weighted by molar-refractivity contribution is 5.85. The summed E-state index contributed by atoms with van der Waals surface area (Å²) in [6, 6.07) is 0. The summed E-state index contributed by atoms with van der Waals surface area (Å²) in [6.07, 6.45) is 5.32. The Morgan fingerprint density at radius 3 is 3.12 bits per heavy atom. The van der Waals surface area contributed by atoms with E-state index in [-0.39, 0.29) is 5.69 Å². The summed E-state index contributed by atoms with van der Waals surface area (Å²) in [6.45, 7) is 0.981. The summed E-state index contributed by atoms with van der Waals surface area (Å²) >= 11 is 0. The molecule has 0 aromatic carbocycles. The van der Waals surface area contributed by atoms with Crippen molar-refractivity contribution in [3.63, 3.8) is 0 Å². The number of hydrogen-bond acceptors (Lipinski definition) is 3. The highest BCUT2D eigenvalue weighted by Gasteiger charge is 2.17. The molecule has 16 heavy (non-hydrogen) atoms. The van der Waals surface area contributed by atoms with Gasteiger partial charge in [-0.3, -0.25) is 0 Å². The molecule has 0 amide bonds. The van der Waals surface area contributed by atoms with Crippen LogP contribution in [-0.4, -0.2) is 30.6 Å². The summed E-state index contributed by atoms with van der Waals surface area (Å²) < 4.78 is 2.08. The van der Waals surface area contributed by atoms with E-state index in [1.165, 1.54) is 6.20 Å². The Morgan fingerprint density at radius 1 is 1.56 bits per heavy atom. The van der Waals surface area contributed by atoms with Crippen molar-refractivity contribution < 1.29 is 9.90 Å². The van der Waals surface area contributed by atoms with E-state index < -0.39 is 5.97 Å². The average Bonchev–Trinajstić information content (AvgIpc) is 2.91. The van der Waals surface area contributed by atoms with Crippen LogP contribution in [0.5, 0.6) is 0 Å². The molecule has 2 aromatic rings. The number of nitrogens with one attached hydrogen (secondary N) is 1. The number of carbonyl (C=O) groups is 1. The molecule has 6 heteroatoms. The molecule has 0 fully saturated rings. The minimum Gasteiger partial charge on any atom is -0.477 e. The van der Waals surface area contributed by atoms with Crippen LogP contribution in [0.3, 0.4) is 0 Å². The Morgan fingerprint density at radius 2 is 2.44 bits per heavy atom. The third kappa shape index (κ3) is 1.30. The standard InChI is InChI=1S/C10H10N4O2/c15-10(16)6-4-11-9(13-6)7-5-14-3-1-2-8(14)12-7/h4-5H,1-3H2,(H,11,13)(H,15,16). The number of aromatic nitrogens is 4. The first-order chi connectivity index (χ1) is 7.74. The van der Waals surface area contributed by atoms with E-state index in [0.717, 1.165) is 25.2 Å². The smallest absolute Gasteiger partial charge is 0.353 e. The van der Waals surface area contributed by atoms with Gasteiger partial charge in [-0.15, -0.1) is 0 Å². The topological polar surface area (TPSA) is 83.8 Å². The van der Waals surface area contributed by atoms with Gasteiger partial charge >= 0.3 is 5.97 Å². The quantitative estimate of drug-likeness (QED) is 0.784. The summed E-state index contributed by atoms with van der Waals surface area (Å²) in [5, 5.41) is 8.77. The Kier molecular flexibility index (Phi) is 1.82. The molecule has 0 aliphatic carbocycles. The van der Waals surface area contributed by atoms with Crippen molar-refractivity contribution in [2.75, 3.05) is 0 Å². The maximum atomic E-state index is 10.7. The van der Waals surface area contributed by atoms with Crippen LogP contribution in [0.15, 0.2) is 12.4 Å². The highest BCUT2D eigenvalue weighted by Crippen LogP contribution is 2.20. The maximum absolute atomic E-state index is 10.7. The third-order valence-electron chi connectivity index (χ3n) is 2.71. The van der Waals surface area contributed by atoms with Gasteiger partial charge in [0.05, 0.1) is 6.20 Å². The SMILES string of the molecule is O=C(O)c1cnc(-c2cn3c(n2)CCC3)[nH]1. The number of nitrogens with zero attached hydrogens (tertiary/aromatic N) is 3. The fraction of sp³-hybridized carbons (Fsp3) is 0.300. The molecule has 6 nitrogen and oxygen atoms in total. The molecule has 0 saturated heterocycles. The minimum absolute atomic E-state index is 0.0863. The van der Waals surface area contributed by atoms with E-state index in [4.69, 9.17) is 5.11 Å². The number of fused-ring (bicyclic) bond motifs is 1. The fourth-order valence-corrected chi connectivity index (χ4v) is 1.93. The fourth-order valence-electron chi connectivity index (χ4n) is 1.93. The first-order valence-electron chi connectivity index (χ1n) is 5.09. The normalized spacial score (nSPS) is 14.0. The van der Waals surface area contributed by atoms with Crippen LogP contribution in [0.25, 0.3) is 11.5 Å². The number of rotatable bonds is 2. The lowest BCUT2D eigenvalue weighted by Crippen LogP contribution is -1.95. The van der Waals surface area contributed by atoms with Crippen LogP contribution in [-0.2, 0) is 13.0 Å². The molecular weight excluding hydrogens is 208 g/mol. The summed E-state index contributed by atoms with van der Waals surface area (Å²) in [5.41, 5.74) is 0.797. The van der Waals surface area contributed by atoms with Crippen molar-refractivity contribution in [2.45, 2.75) is 19.4 Å². The monoisotopic (exact) mass is 218 g/mol. The van der Waals surface area contributed by atoms with Gasteiger partial charge in [-0.05, 0) is 6.42 Å².